The van der Waals surface area contributed by atoms with Gasteiger partial charge in [0.1, 0.15) is 0 Å². The Morgan fingerprint density at radius 1 is 1.12 bits per heavy atom. The van der Waals surface area contributed by atoms with Crippen LogP contribution in [0.3, 0.4) is 0 Å². The monoisotopic (exact) mass is 323 g/mol. The van der Waals surface area contributed by atoms with Gasteiger partial charge in [-0.3, -0.25) is 9.59 Å². The zero-order valence-electron chi connectivity index (χ0n) is 13.6. The lowest BCUT2D eigenvalue weighted by Crippen LogP contribution is -2.49. The number of fused-ring (bicyclic) bond motifs is 1. The molecule has 0 aliphatic carbocycles. The normalized spacial score (nSPS) is 16.1. The first-order valence-electron chi connectivity index (χ1n) is 8.06. The quantitative estimate of drug-likeness (QED) is 0.803. The molecule has 0 saturated heterocycles. The highest BCUT2D eigenvalue weighted by atomic mass is 16.2. The van der Waals surface area contributed by atoms with Crippen molar-refractivity contribution in [1.29, 1.82) is 0 Å². The third kappa shape index (κ3) is 4.00. The Labute approximate surface area is 141 Å². The number of rotatable bonds is 4. The molecular weight excluding hydrogens is 302 g/mol. The smallest absolute Gasteiger partial charge is 0.243 e. The Bertz CT molecular complexity index is 758. The first-order valence-corrected chi connectivity index (χ1v) is 8.06. The lowest BCUT2D eigenvalue weighted by atomic mass is 9.95. The van der Waals surface area contributed by atoms with Gasteiger partial charge in [0.2, 0.25) is 11.8 Å². The van der Waals surface area contributed by atoms with Gasteiger partial charge in [-0.1, -0.05) is 36.4 Å². The molecule has 1 atom stereocenters. The molecule has 2 amide bonds. The maximum absolute atomic E-state index is 12.3. The number of carbonyl (C=O) groups excluding carboxylic acids is 2. The maximum Gasteiger partial charge on any atom is 0.243 e. The van der Waals surface area contributed by atoms with Gasteiger partial charge >= 0.3 is 0 Å². The van der Waals surface area contributed by atoms with Gasteiger partial charge in [0.05, 0.1) is 12.6 Å². The fourth-order valence-electron chi connectivity index (χ4n) is 2.86. The molecule has 0 saturated carbocycles. The van der Waals surface area contributed by atoms with Crippen molar-refractivity contribution in [2.24, 2.45) is 0 Å². The number of hydrogen-bond donors (Lipinski definition) is 3. The van der Waals surface area contributed by atoms with E-state index in [0.29, 0.717) is 13.0 Å². The summed E-state index contributed by atoms with van der Waals surface area (Å²) in [7, 11) is 0. The summed E-state index contributed by atoms with van der Waals surface area (Å²) in [6.07, 6.45) is 0.640. The van der Waals surface area contributed by atoms with Gasteiger partial charge in [0.25, 0.3) is 0 Å². The summed E-state index contributed by atoms with van der Waals surface area (Å²) in [5.74, 6) is -0.381. The number of aryl methyl sites for hydroxylation is 1. The van der Waals surface area contributed by atoms with Crippen molar-refractivity contribution >= 4 is 17.5 Å². The summed E-state index contributed by atoms with van der Waals surface area (Å²) < 4.78 is 0. The van der Waals surface area contributed by atoms with Crippen molar-refractivity contribution in [3.63, 3.8) is 0 Å². The molecule has 24 heavy (non-hydrogen) atoms. The Morgan fingerprint density at radius 2 is 1.92 bits per heavy atom. The van der Waals surface area contributed by atoms with Crippen LogP contribution in [0.15, 0.2) is 48.5 Å². The lowest BCUT2D eigenvalue weighted by molar-refractivity contribution is -0.125. The van der Waals surface area contributed by atoms with Crippen LogP contribution < -0.4 is 16.0 Å². The van der Waals surface area contributed by atoms with E-state index in [0.717, 1.165) is 11.3 Å². The largest absolute Gasteiger partial charge is 0.346 e. The van der Waals surface area contributed by atoms with Crippen molar-refractivity contribution in [1.82, 2.24) is 10.6 Å². The summed E-state index contributed by atoms with van der Waals surface area (Å²) in [6, 6.07) is 15.3. The number of benzene rings is 2. The fraction of sp³-hybridized carbons (Fsp3) is 0.263. The molecule has 1 aliphatic heterocycles. The van der Waals surface area contributed by atoms with Crippen LogP contribution in [0.1, 0.15) is 16.7 Å². The second-order valence-electron chi connectivity index (χ2n) is 6.04. The van der Waals surface area contributed by atoms with Crippen LogP contribution in [0.5, 0.6) is 0 Å². The van der Waals surface area contributed by atoms with E-state index in [1.807, 2.05) is 49.4 Å². The van der Waals surface area contributed by atoms with E-state index in [-0.39, 0.29) is 24.4 Å². The summed E-state index contributed by atoms with van der Waals surface area (Å²) in [5.41, 5.74) is 4.21. The highest BCUT2D eigenvalue weighted by Gasteiger charge is 2.23. The molecule has 1 unspecified atom stereocenters. The molecule has 124 valence electrons. The van der Waals surface area contributed by atoms with E-state index in [1.165, 1.54) is 11.1 Å². The summed E-state index contributed by atoms with van der Waals surface area (Å²) in [6.45, 7) is 2.60. The van der Waals surface area contributed by atoms with Crippen molar-refractivity contribution in [3.05, 3.63) is 65.2 Å². The minimum absolute atomic E-state index is 0.0351. The topological polar surface area (TPSA) is 70.2 Å². The van der Waals surface area contributed by atoms with Gasteiger partial charge in [-0.2, -0.15) is 0 Å². The van der Waals surface area contributed by atoms with Crippen molar-refractivity contribution in [2.75, 3.05) is 11.9 Å². The highest BCUT2D eigenvalue weighted by Crippen LogP contribution is 2.16. The van der Waals surface area contributed by atoms with Gasteiger partial charge in [-0.05, 0) is 42.2 Å². The Kier molecular flexibility index (Phi) is 4.91. The predicted octanol–water partition coefficient (Wildman–Crippen LogP) is 1.76. The van der Waals surface area contributed by atoms with Gasteiger partial charge in [0.15, 0.2) is 0 Å². The number of amides is 2. The van der Waals surface area contributed by atoms with Crippen LogP contribution in [-0.4, -0.2) is 24.4 Å². The van der Waals surface area contributed by atoms with Gasteiger partial charge < -0.3 is 16.0 Å². The van der Waals surface area contributed by atoms with Gasteiger partial charge in [-0.25, -0.2) is 0 Å². The Balaban J connectivity index is 1.50. The number of hydrogen-bond acceptors (Lipinski definition) is 3. The summed E-state index contributed by atoms with van der Waals surface area (Å²) >= 11 is 0. The lowest BCUT2D eigenvalue weighted by Gasteiger charge is -2.25. The van der Waals surface area contributed by atoms with Gasteiger partial charge in [0, 0.05) is 12.2 Å². The average molecular weight is 323 g/mol. The van der Waals surface area contributed by atoms with Crippen LogP contribution >= 0.6 is 0 Å². The Hall–Kier alpha value is -2.66. The second-order valence-corrected chi connectivity index (χ2v) is 6.04. The highest BCUT2D eigenvalue weighted by molar-refractivity contribution is 5.95. The first kappa shape index (κ1) is 16.2. The summed E-state index contributed by atoms with van der Waals surface area (Å²) in [5, 5.41) is 8.70. The molecule has 0 aromatic heterocycles. The molecule has 2 aromatic carbocycles. The van der Waals surface area contributed by atoms with E-state index in [4.69, 9.17) is 0 Å². The molecule has 1 heterocycles. The molecule has 0 radical (unpaired) electrons. The Morgan fingerprint density at radius 3 is 2.71 bits per heavy atom. The second kappa shape index (κ2) is 7.27. The molecule has 0 fully saturated rings. The van der Waals surface area contributed by atoms with Crippen LogP contribution in [0.4, 0.5) is 5.69 Å². The number of nitrogens with one attached hydrogen (secondary N) is 3. The third-order valence-corrected chi connectivity index (χ3v) is 4.12. The molecule has 5 nitrogen and oxygen atoms in total. The van der Waals surface area contributed by atoms with E-state index >= 15 is 0 Å². The SMILES string of the molecule is Cc1cccc(NC(=O)CNC(=O)C2Cc3ccccc3CN2)c1. The molecule has 2 aromatic rings. The predicted molar refractivity (Wildman–Crippen MR) is 93.6 cm³/mol. The van der Waals surface area contributed by atoms with Crippen molar-refractivity contribution in [2.45, 2.75) is 25.9 Å². The fourth-order valence-corrected chi connectivity index (χ4v) is 2.86. The zero-order valence-corrected chi connectivity index (χ0v) is 13.6. The van der Waals surface area contributed by atoms with Gasteiger partial charge in [-0.15, -0.1) is 0 Å². The van der Waals surface area contributed by atoms with E-state index in [9.17, 15) is 9.59 Å². The van der Waals surface area contributed by atoms with Crippen molar-refractivity contribution in [3.8, 4) is 0 Å². The molecular formula is C19H21N3O2. The molecule has 3 rings (SSSR count). The average Bonchev–Trinajstić information content (AvgIpc) is 2.59. The van der Waals surface area contributed by atoms with E-state index < -0.39 is 0 Å². The third-order valence-electron chi connectivity index (χ3n) is 4.12. The van der Waals surface area contributed by atoms with Crippen molar-refractivity contribution < 1.29 is 9.59 Å². The van der Waals surface area contributed by atoms with E-state index in [1.54, 1.807) is 0 Å². The van der Waals surface area contributed by atoms with Crippen LogP contribution in [0.2, 0.25) is 0 Å². The standard InChI is InChI=1S/C19H21N3O2/c1-13-5-4-8-16(9-13)22-18(23)12-21-19(24)17-10-14-6-2-3-7-15(14)11-20-17/h2-9,17,20H,10-12H2,1H3,(H,21,24)(H,22,23). The number of carbonyl (C=O) groups is 2. The minimum Gasteiger partial charge on any atom is -0.346 e. The summed E-state index contributed by atoms with van der Waals surface area (Å²) in [4.78, 5) is 24.2. The molecule has 0 spiro atoms. The molecule has 0 bridgehead atoms. The van der Waals surface area contributed by atoms with Crippen LogP contribution in [0.25, 0.3) is 0 Å². The molecule has 5 heteroatoms. The van der Waals surface area contributed by atoms with Crippen LogP contribution in [0, 0.1) is 6.92 Å². The van der Waals surface area contributed by atoms with Crippen LogP contribution in [-0.2, 0) is 22.6 Å². The minimum atomic E-state index is -0.299. The van der Waals surface area contributed by atoms with E-state index in [2.05, 4.69) is 22.0 Å². The first-order chi connectivity index (χ1) is 11.6. The zero-order chi connectivity index (χ0) is 16.9. The molecule has 3 N–H and O–H groups in total. The maximum atomic E-state index is 12.3. The molecule has 1 aliphatic rings. The number of anilines is 1.